The van der Waals surface area contributed by atoms with Gasteiger partial charge in [0.1, 0.15) is 5.69 Å². The van der Waals surface area contributed by atoms with E-state index in [1.54, 1.807) is 6.07 Å². The van der Waals surface area contributed by atoms with E-state index in [0.29, 0.717) is 5.69 Å². The number of benzene rings is 1. The van der Waals surface area contributed by atoms with Crippen LogP contribution in [0.4, 0.5) is 0 Å². The molecule has 1 aliphatic rings. The molecule has 0 radical (unpaired) electrons. The van der Waals surface area contributed by atoms with Gasteiger partial charge in [-0.15, -0.1) is 0 Å². The maximum atomic E-state index is 12.6. The molecular formula is C18H20N2O. The Bertz CT molecular complexity index is 666. The number of hydrogen-bond acceptors (Lipinski definition) is 2. The Morgan fingerprint density at radius 1 is 1.14 bits per heavy atom. The molecule has 1 aliphatic carbocycles. The van der Waals surface area contributed by atoms with Crippen LogP contribution in [0.1, 0.15) is 33.7 Å². The summed E-state index contributed by atoms with van der Waals surface area (Å²) < 4.78 is 0. The predicted octanol–water partition coefficient (Wildman–Crippen LogP) is 3.02. The number of rotatable bonds is 2. The Morgan fingerprint density at radius 3 is 2.67 bits per heavy atom. The van der Waals surface area contributed by atoms with Gasteiger partial charge in [-0.1, -0.05) is 30.3 Å². The number of amides is 1. The van der Waals surface area contributed by atoms with E-state index in [-0.39, 0.29) is 11.9 Å². The highest BCUT2D eigenvalue weighted by atomic mass is 16.2. The van der Waals surface area contributed by atoms with Gasteiger partial charge in [0.05, 0.1) is 0 Å². The average Bonchev–Trinajstić information content (AvgIpc) is 2.53. The summed E-state index contributed by atoms with van der Waals surface area (Å²) in [5, 5.41) is 0. The van der Waals surface area contributed by atoms with Crippen LogP contribution in [0.3, 0.4) is 0 Å². The second-order valence-corrected chi connectivity index (χ2v) is 5.75. The molecule has 3 rings (SSSR count). The van der Waals surface area contributed by atoms with Crippen LogP contribution in [0.5, 0.6) is 0 Å². The Labute approximate surface area is 125 Å². The summed E-state index contributed by atoms with van der Waals surface area (Å²) in [6.45, 7) is 1.91. The predicted molar refractivity (Wildman–Crippen MR) is 83.3 cm³/mol. The Kier molecular flexibility index (Phi) is 3.74. The zero-order valence-electron chi connectivity index (χ0n) is 12.5. The lowest BCUT2D eigenvalue weighted by Gasteiger charge is -2.32. The number of nitrogens with zero attached hydrogens (tertiary/aromatic N) is 2. The zero-order valence-corrected chi connectivity index (χ0v) is 12.5. The van der Waals surface area contributed by atoms with Crippen molar-refractivity contribution in [3.05, 3.63) is 65.0 Å². The molecule has 108 valence electrons. The third-order valence-electron chi connectivity index (χ3n) is 4.30. The quantitative estimate of drug-likeness (QED) is 0.847. The third-order valence-corrected chi connectivity index (χ3v) is 4.30. The topological polar surface area (TPSA) is 33.2 Å². The number of fused-ring (bicyclic) bond motifs is 1. The van der Waals surface area contributed by atoms with E-state index in [2.05, 4.69) is 29.2 Å². The van der Waals surface area contributed by atoms with Gasteiger partial charge in [0.2, 0.25) is 0 Å². The van der Waals surface area contributed by atoms with Crippen LogP contribution in [0.2, 0.25) is 0 Å². The van der Waals surface area contributed by atoms with Gasteiger partial charge in [0.15, 0.2) is 0 Å². The first-order valence-corrected chi connectivity index (χ1v) is 7.43. The van der Waals surface area contributed by atoms with E-state index in [1.807, 2.05) is 31.0 Å². The van der Waals surface area contributed by atoms with Crippen molar-refractivity contribution in [2.24, 2.45) is 0 Å². The zero-order chi connectivity index (χ0) is 14.8. The van der Waals surface area contributed by atoms with Gasteiger partial charge >= 0.3 is 0 Å². The summed E-state index contributed by atoms with van der Waals surface area (Å²) in [5.74, 6) is 0.0167. The molecule has 1 aromatic carbocycles. The van der Waals surface area contributed by atoms with Crippen molar-refractivity contribution >= 4 is 5.91 Å². The summed E-state index contributed by atoms with van der Waals surface area (Å²) >= 11 is 0. The number of hydrogen-bond donors (Lipinski definition) is 0. The van der Waals surface area contributed by atoms with E-state index in [4.69, 9.17) is 0 Å². The van der Waals surface area contributed by atoms with Crippen LogP contribution in [-0.2, 0) is 12.8 Å². The number of carbonyl (C=O) groups excluding carboxylic acids is 1. The van der Waals surface area contributed by atoms with Crippen molar-refractivity contribution in [3.63, 3.8) is 0 Å². The van der Waals surface area contributed by atoms with Gasteiger partial charge in [0, 0.05) is 18.8 Å². The molecule has 0 bridgehead atoms. The molecule has 0 saturated carbocycles. The fourth-order valence-electron chi connectivity index (χ4n) is 3.02. The van der Waals surface area contributed by atoms with Gasteiger partial charge < -0.3 is 4.90 Å². The first kappa shape index (κ1) is 13.8. The van der Waals surface area contributed by atoms with Crippen molar-refractivity contribution < 1.29 is 4.79 Å². The lowest BCUT2D eigenvalue weighted by Crippen LogP contribution is -2.41. The van der Waals surface area contributed by atoms with E-state index in [0.717, 1.165) is 25.0 Å². The van der Waals surface area contributed by atoms with Gasteiger partial charge in [-0.2, -0.15) is 0 Å². The molecule has 0 fully saturated rings. The molecule has 3 nitrogen and oxygen atoms in total. The van der Waals surface area contributed by atoms with Crippen LogP contribution >= 0.6 is 0 Å². The van der Waals surface area contributed by atoms with Crippen LogP contribution in [0.25, 0.3) is 0 Å². The Hall–Kier alpha value is -2.16. The van der Waals surface area contributed by atoms with Gasteiger partial charge in [-0.05, 0) is 49.4 Å². The Balaban J connectivity index is 1.77. The minimum Gasteiger partial charge on any atom is -0.337 e. The van der Waals surface area contributed by atoms with E-state index < -0.39 is 0 Å². The molecule has 21 heavy (non-hydrogen) atoms. The lowest BCUT2D eigenvalue weighted by atomic mass is 9.87. The highest BCUT2D eigenvalue weighted by Crippen LogP contribution is 2.24. The third kappa shape index (κ3) is 2.82. The summed E-state index contributed by atoms with van der Waals surface area (Å²) in [5.41, 5.74) is 4.20. The second kappa shape index (κ2) is 5.68. The molecule has 1 unspecified atom stereocenters. The SMILES string of the molecule is Cc1cccc(C(=O)N(C)C2CCc3ccccc3C2)n1. The molecular weight excluding hydrogens is 260 g/mol. The van der Waals surface area contributed by atoms with E-state index in [1.165, 1.54) is 11.1 Å². The number of likely N-dealkylation sites (N-methyl/N-ethyl adjacent to an activating group) is 1. The van der Waals surface area contributed by atoms with Crippen LogP contribution in [0, 0.1) is 6.92 Å². The Morgan fingerprint density at radius 2 is 1.90 bits per heavy atom. The monoisotopic (exact) mass is 280 g/mol. The van der Waals surface area contributed by atoms with Crippen molar-refractivity contribution in [3.8, 4) is 0 Å². The van der Waals surface area contributed by atoms with Crippen molar-refractivity contribution in [2.45, 2.75) is 32.2 Å². The average molecular weight is 280 g/mol. The largest absolute Gasteiger partial charge is 0.337 e. The number of aromatic nitrogens is 1. The number of carbonyl (C=O) groups is 1. The first-order valence-electron chi connectivity index (χ1n) is 7.43. The van der Waals surface area contributed by atoms with Gasteiger partial charge in [-0.3, -0.25) is 4.79 Å². The van der Waals surface area contributed by atoms with Crippen molar-refractivity contribution in [1.29, 1.82) is 0 Å². The molecule has 1 atom stereocenters. The first-order chi connectivity index (χ1) is 10.1. The summed E-state index contributed by atoms with van der Waals surface area (Å²) in [7, 11) is 1.89. The normalized spacial score (nSPS) is 17.1. The lowest BCUT2D eigenvalue weighted by molar-refractivity contribution is 0.0712. The number of aryl methyl sites for hydroxylation is 2. The highest BCUT2D eigenvalue weighted by Gasteiger charge is 2.26. The summed E-state index contributed by atoms with van der Waals surface area (Å²) in [4.78, 5) is 18.8. The maximum absolute atomic E-state index is 12.6. The molecule has 2 aromatic rings. The van der Waals surface area contributed by atoms with Crippen molar-refractivity contribution in [2.75, 3.05) is 7.05 Å². The second-order valence-electron chi connectivity index (χ2n) is 5.75. The fraction of sp³-hybridized carbons (Fsp3) is 0.333. The van der Waals surface area contributed by atoms with Crippen LogP contribution < -0.4 is 0 Å². The highest BCUT2D eigenvalue weighted by molar-refractivity contribution is 5.92. The maximum Gasteiger partial charge on any atom is 0.272 e. The van der Waals surface area contributed by atoms with Crippen LogP contribution in [0.15, 0.2) is 42.5 Å². The van der Waals surface area contributed by atoms with E-state index >= 15 is 0 Å². The summed E-state index contributed by atoms with van der Waals surface area (Å²) in [6, 6.07) is 14.4. The van der Waals surface area contributed by atoms with Crippen molar-refractivity contribution in [1.82, 2.24) is 9.88 Å². The van der Waals surface area contributed by atoms with E-state index in [9.17, 15) is 4.79 Å². The molecule has 1 amide bonds. The smallest absolute Gasteiger partial charge is 0.272 e. The minimum absolute atomic E-state index is 0.0167. The molecule has 0 spiro atoms. The number of pyridine rings is 1. The molecule has 1 aromatic heterocycles. The summed E-state index contributed by atoms with van der Waals surface area (Å²) in [6.07, 6.45) is 3.00. The minimum atomic E-state index is 0.0167. The van der Waals surface area contributed by atoms with Gasteiger partial charge in [0.25, 0.3) is 5.91 Å². The molecule has 0 saturated heterocycles. The molecule has 1 heterocycles. The fourth-order valence-corrected chi connectivity index (χ4v) is 3.02. The standard InChI is InChI=1S/C18H20N2O/c1-13-6-5-9-17(19-13)18(21)20(2)16-11-10-14-7-3-4-8-15(14)12-16/h3-9,16H,10-12H2,1-2H3. The molecule has 3 heteroatoms. The van der Waals surface area contributed by atoms with Gasteiger partial charge in [-0.25, -0.2) is 4.98 Å². The molecule has 0 N–H and O–H groups in total. The van der Waals surface area contributed by atoms with Crippen LogP contribution in [-0.4, -0.2) is 28.9 Å². The molecule has 0 aliphatic heterocycles.